The Bertz CT molecular complexity index is 352. The standard InChI is InChI=1S/C9H11NO5/c1-14-4-5-15-7-2-3-8(10(12)13)9(11)6-7/h2-3,6,11H,4-5H2,1H3. The fourth-order valence-electron chi connectivity index (χ4n) is 0.990. The fraction of sp³-hybridized carbons (Fsp3) is 0.333. The number of ether oxygens (including phenoxy) is 2. The Hall–Kier alpha value is -1.82. The third-order valence-corrected chi connectivity index (χ3v) is 1.70. The average molecular weight is 213 g/mol. The number of benzene rings is 1. The van der Waals surface area contributed by atoms with E-state index >= 15 is 0 Å². The highest BCUT2D eigenvalue weighted by atomic mass is 16.6. The van der Waals surface area contributed by atoms with Gasteiger partial charge in [-0.15, -0.1) is 0 Å². The normalized spacial score (nSPS) is 9.93. The van der Waals surface area contributed by atoms with Crippen molar-refractivity contribution in [3.05, 3.63) is 28.3 Å². The minimum atomic E-state index is -0.658. The summed E-state index contributed by atoms with van der Waals surface area (Å²) in [6.45, 7) is 0.742. The number of phenols is 1. The Morgan fingerprint density at radius 3 is 2.73 bits per heavy atom. The topological polar surface area (TPSA) is 81.8 Å². The maximum absolute atomic E-state index is 10.4. The predicted octanol–water partition coefficient (Wildman–Crippen LogP) is 1.33. The van der Waals surface area contributed by atoms with Gasteiger partial charge < -0.3 is 14.6 Å². The summed E-state index contributed by atoms with van der Waals surface area (Å²) < 4.78 is 9.91. The van der Waals surface area contributed by atoms with E-state index in [4.69, 9.17) is 9.47 Å². The summed E-state index contributed by atoms with van der Waals surface area (Å²) in [4.78, 5) is 9.72. The zero-order chi connectivity index (χ0) is 11.3. The number of methoxy groups -OCH3 is 1. The second-order valence-electron chi connectivity index (χ2n) is 2.75. The van der Waals surface area contributed by atoms with Crippen LogP contribution in [0.2, 0.25) is 0 Å². The lowest BCUT2D eigenvalue weighted by Crippen LogP contribution is -2.04. The second kappa shape index (κ2) is 5.16. The Morgan fingerprint density at radius 1 is 1.47 bits per heavy atom. The van der Waals surface area contributed by atoms with Crippen LogP contribution in [0.1, 0.15) is 0 Å². The smallest absolute Gasteiger partial charge is 0.310 e. The summed E-state index contributed by atoms with van der Waals surface area (Å²) in [5.41, 5.74) is -0.339. The number of hydrogen-bond acceptors (Lipinski definition) is 5. The molecular weight excluding hydrogens is 202 g/mol. The van der Waals surface area contributed by atoms with Crippen LogP contribution in [0, 0.1) is 10.1 Å². The van der Waals surface area contributed by atoms with Crippen molar-refractivity contribution in [2.75, 3.05) is 20.3 Å². The van der Waals surface area contributed by atoms with Crippen LogP contribution in [-0.2, 0) is 4.74 Å². The van der Waals surface area contributed by atoms with E-state index < -0.39 is 10.7 Å². The molecular formula is C9H11NO5. The first-order chi connectivity index (χ1) is 7.15. The Kier molecular flexibility index (Phi) is 3.87. The van der Waals surface area contributed by atoms with Crippen LogP contribution >= 0.6 is 0 Å². The molecule has 0 aliphatic heterocycles. The van der Waals surface area contributed by atoms with Crippen LogP contribution in [0.25, 0.3) is 0 Å². The summed E-state index contributed by atoms with van der Waals surface area (Å²) in [5, 5.41) is 19.6. The largest absolute Gasteiger partial charge is 0.502 e. The van der Waals surface area contributed by atoms with E-state index in [1.807, 2.05) is 0 Å². The van der Waals surface area contributed by atoms with Gasteiger partial charge in [0.2, 0.25) is 0 Å². The van der Waals surface area contributed by atoms with Gasteiger partial charge in [0.1, 0.15) is 12.4 Å². The molecule has 0 heterocycles. The van der Waals surface area contributed by atoms with E-state index in [0.717, 1.165) is 0 Å². The molecule has 1 aromatic rings. The number of nitro benzene ring substituents is 1. The fourth-order valence-corrected chi connectivity index (χ4v) is 0.990. The Morgan fingerprint density at radius 2 is 2.20 bits per heavy atom. The summed E-state index contributed by atoms with van der Waals surface area (Å²) in [6, 6.07) is 3.82. The first kappa shape index (κ1) is 11.3. The van der Waals surface area contributed by atoms with Crippen LogP contribution < -0.4 is 4.74 Å². The highest BCUT2D eigenvalue weighted by Gasteiger charge is 2.13. The van der Waals surface area contributed by atoms with Crippen molar-refractivity contribution in [2.45, 2.75) is 0 Å². The van der Waals surface area contributed by atoms with Gasteiger partial charge >= 0.3 is 5.69 Å². The third kappa shape index (κ3) is 3.10. The summed E-state index contributed by atoms with van der Waals surface area (Å²) in [6.07, 6.45) is 0. The van der Waals surface area contributed by atoms with Crippen molar-refractivity contribution in [1.29, 1.82) is 0 Å². The van der Waals surface area contributed by atoms with Gasteiger partial charge in [-0.1, -0.05) is 0 Å². The lowest BCUT2D eigenvalue weighted by Gasteiger charge is -2.05. The van der Waals surface area contributed by atoms with Gasteiger partial charge in [-0.3, -0.25) is 10.1 Å². The molecule has 0 aliphatic carbocycles. The van der Waals surface area contributed by atoms with Gasteiger partial charge in [-0.25, -0.2) is 0 Å². The summed E-state index contributed by atoms with van der Waals surface area (Å²) >= 11 is 0. The zero-order valence-corrected chi connectivity index (χ0v) is 8.17. The number of nitrogens with zero attached hydrogens (tertiary/aromatic N) is 1. The molecule has 0 unspecified atom stereocenters. The van der Waals surface area contributed by atoms with Crippen molar-refractivity contribution in [1.82, 2.24) is 0 Å². The number of aromatic hydroxyl groups is 1. The Labute approximate surface area is 86.2 Å². The molecule has 1 rings (SSSR count). The lowest BCUT2D eigenvalue weighted by molar-refractivity contribution is -0.385. The van der Waals surface area contributed by atoms with Gasteiger partial charge in [-0.05, 0) is 6.07 Å². The monoisotopic (exact) mass is 213 g/mol. The van der Waals surface area contributed by atoms with Gasteiger partial charge in [-0.2, -0.15) is 0 Å². The van der Waals surface area contributed by atoms with Crippen LogP contribution in [0.5, 0.6) is 11.5 Å². The summed E-state index contributed by atoms with van der Waals surface area (Å²) in [7, 11) is 1.54. The molecule has 1 N–H and O–H groups in total. The van der Waals surface area contributed by atoms with E-state index in [2.05, 4.69) is 0 Å². The molecule has 1 aromatic carbocycles. The maximum atomic E-state index is 10.4. The maximum Gasteiger partial charge on any atom is 0.310 e. The molecule has 0 radical (unpaired) electrons. The molecule has 0 spiro atoms. The van der Waals surface area contributed by atoms with Crippen molar-refractivity contribution < 1.29 is 19.5 Å². The lowest BCUT2D eigenvalue weighted by atomic mass is 10.3. The molecule has 6 heteroatoms. The van der Waals surface area contributed by atoms with Crippen LogP contribution in [0.3, 0.4) is 0 Å². The quantitative estimate of drug-likeness (QED) is 0.453. The van der Waals surface area contributed by atoms with E-state index in [9.17, 15) is 15.2 Å². The van der Waals surface area contributed by atoms with E-state index in [-0.39, 0.29) is 5.69 Å². The predicted molar refractivity (Wildman–Crippen MR) is 52.1 cm³/mol. The minimum Gasteiger partial charge on any atom is -0.502 e. The highest BCUT2D eigenvalue weighted by Crippen LogP contribution is 2.29. The van der Waals surface area contributed by atoms with Crippen molar-refractivity contribution in [3.8, 4) is 11.5 Å². The molecule has 6 nitrogen and oxygen atoms in total. The molecule has 15 heavy (non-hydrogen) atoms. The molecule has 0 bridgehead atoms. The molecule has 0 saturated carbocycles. The third-order valence-electron chi connectivity index (χ3n) is 1.70. The molecule has 82 valence electrons. The van der Waals surface area contributed by atoms with Crippen molar-refractivity contribution >= 4 is 5.69 Å². The highest BCUT2D eigenvalue weighted by molar-refractivity contribution is 5.49. The molecule has 0 atom stereocenters. The van der Waals surface area contributed by atoms with Gasteiger partial charge in [0.15, 0.2) is 5.75 Å². The number of hydrogen-bond donors (Lipinski definition) is 1. The van der Waals surface area contributed by atoms with E-state index in [0.29, 0.717) is 19.0 Å². The van der Waals surface area contributed by atoms with Crippen molar-refractivity contribution in [3.63, 3.8) is 0 Å². The van der Waals surface area contributed by atoms with Crippen molar-refractivity contribution in [2.24, 2.45) is 0 Å². The van der Waals surface area contributed by atoms with Crippen LogP contribution in [0.4, 0.5) is 5.69 Å². The van der Waals surface area contributed by atoms with E-state index in [1.54, 1.807) is 0 Å². The first-order valence-corrected chi connectivity index (χ1v) is 4.24. The second-order valence-corrected chi connectivity index (χ2v) is 2.75. The Balaban J connectivity index is 2.69. The molecule has 0 aromatic heterocycles. The van der Waals surface area contributed by atoms with Gasteiger partial charge in [0, 0.05) is 19.2 Å². The SMILES string of the molecule is COCCOc1ccc([N+](=O)[O-])c(O)c1. The number of phenolic OH excluding ortho intramolecular Hbond substituents is 1. The van der Waals surface area contributed by atoms with Gasteiger partial charge in [0.05, 0.1) is 11.5 Å². The zero-order valence-electron chi connectivity index (χ0n) is 8.17. The molecule has 0 amide bonds. The van der Waals surface area contributed by atoms with Crippen LogP contribution in [0.15, 0.2) is 18.2 Å². The van der Waals surface area contributed by atoms with Crippen LogP contribution in [-0.4, -0.2) is 30.4 Å². The molecule has 0 saturated heterocycles. The summed E-state index contributed by atoms with van der Waals surface area (Å²) in [5.74, 6) is -0.0370. The molecule has 0 aliphatic rings. The molecule has 0 fully saturated rings. The van der Waals surface area contributed by atoms with E-state index in [1.165, 1.54) is 25.3 Å². The minimum absolute atomic E-state index is 0.327. The first-order valence-electron chi connectivity index (χ1n) is 4.24. The van der Waals surface area contributed by atoms with Gasteiger partial charge in [0.25, 0.3) is 0 Å². The average Bonchev–Trinajstić information content (AvgIpc) is 2.17. The number of rotatable bonds is 5. The number of nitro groups is 1.